The van der Waals surface area contributed by atoms with E-state index >= 15 is 0 Å². The lowest BCUT2D eigenvalue weighted by atomic mass is 10.0. The second-order valence-electron chi connectivity index (χ2n) is 7.63. The third kappa shape index (κ3) is 4.42. The van der Waals surface area contributed by atoms with Gasteiger partial charge >= 0.3 is 0 Å². The minimum atomic E-state index is -0.240. The normalized spacial score (nSPS) is 11.7. The van der Waals surface area contributed by atoms with Crippen molar-refractivity contribution in [1.82, 2.24) is 10.4 Å². The van der Waals surface area contributed by atoms with Gasteiger partial charge in [0, 0.05) is 15.8 Å². The van der Waals surface area contributed by atoms with E-state index in [9.17, 15) is 4.79 Å². The molecule has 0 saturated carbocycles. The molecule has 31 heavy (non-hydrogen) atoms. The highest BCUT2D eigenvalue weighted by Gasteiger charge is 2.14. The minimum absolute atomic E-state index is 0.240. The molecule has 0 fully saturated rings. The topological polar surface area (TPSA) is 54.4 Å². The average molecular weight is 428 g/mol. The molecule has 2 heterocycles. The van der Waals surface area contributed by atoms with Gasteiger partial charge in [-0.05, 0) is 68.7 Å². The highest BCUT2D eigenvalue weighted by Crippen LogP contribution is 2.26. The summed E-state index contributed by atoms with van der Waals surface area (Å²) in [6.45, 7) is 8.21. The summed E-state index contributed by atoms with van der Waals surface area (Å²) in [7, 11) is 0. The number of carbonyl (C=O) groups is 1. The molecule has 0 aliphatic rings. The minimum Gasteiger partial charge on any atom is -0.267 e. The highest BCUT2D eigenvalue weighted by molar-refractivity contribution is 7.14. The van der Waals surface area contributed by atoms with Gasteiger partial charge in [0.25, 0.3) is 5.91 Å². The van der Waals surface area contributed by atoms with Gasteiger partial charge in [-0.15, -0.1) is 11.3 Å². The molecular weight excluding hydrogens is 402 g/mol. The molecule has 0 saturated heterocycles. The van der Waals surface area contributed by atoms with Crippen molar-refractivity contribution < 1.29 is 4.79 Å². The summed E-state index contributed by atoms with van der Waals surface area (Å²) in [4.78, 5) is 20.3. The number of benzene rings is 2. The quantitative estimate of drug-likeness (QED) is 0.300. The van der Waals surface area contributed by atoms with Crippen molar-refractivity contribution in [1.29, 1.82) is 0 Å². The van der Waals surface area contributed by atoms with E-state index in [2.05, 4.69) is 49.5 Å². The second-order valence-corrected chi connectivity index (χ2v) is 8.80. The Hall–Kier alpha value is -3.31. The molecule has 156 valence electrons. The molecule has 4 nitrogen and oxygen atoms in total. The fraction of sp³-hybridized carbons (Fsp3) is 0.192. The van der Waals surface area contributed by atoms with Crippen LogP contribution in [0.1, 0.15) is 45.1 Å². The van der Waals surface area contributed by atoms with Crippen molar-refractivity contribution in [3.63, 3.8) is 0 Å². The van der Waals surface area contributed by atoms with Crippen LogP contribution in [0.3, 0.4) is 0 Å². The Kier molecular flexibility index (Phi) is 5.96. The number of para-hydroxylation sites is 1. The summed E-state index contributed by atoms with van der Waals surface area (Å²) in [5.41, 5.74) is 9.09. The second kappa shape index (κ2) is 8.82. The molecule has 0 radical (unpaired) electrons. The molecule has 0 atom stereocenters. The van der Waals surface area contributed by atoms with Crippen LogP contribution in [-0.4, -0.2) is 16.6 Å². The molecule has 4 rings (SSSR count). The predicted octanol–water partition coefficient (Wildman–Crippen LogP) is 6.30. The molecule has 0 bridgehead atoms. The number of nitrogens with one attached hydrogen (secondary N) is 1. The van der Waals surface area contributed by atoms with Gasteiger partial charge in [-0.25, -0.2) is 10.4 Å². The molecule has 2 aromatic heterocycles. The molecule has 4 aromatic rings. The summed E-state index contributed by atoms with van der Waals surface area (Å²) in [5.74, 6) is -0.240. The number of aryl methyl sites for hydroxylation is 3. The van der Waals surface area contributed by atoms with Gasteiger partial charge in [0.15, 0.2) is 0 Å². The Morgan fingerprint density at radius 1 is 1.03 bits per heavy atom. The van der Waals surface area contributed by atoms with Gasteiger partial charge in [-0.1, -0.05) is 37.3 Å². The van der Waals surface area contributed by atoms with Crippen molar-refractivity contribution in [3.05, 3.63) is 87.1 Å². The monoisotopic (exact) mass is 427 g/mol. The zero-order valence-corrected chi connectivity index (χ0v) is 19.0. The number of carbonyl (C=O) groups excluding carboxylic acids is 1. The molecule has 0 aliphatic heterocycles. The fourth-order valence-corrected chi connectivity index (χ4v) is 4.32. The van der Waals surface area contributed by atoms with E-state index in [0.29, 0.717) is 5.56 Å². The highest BCUT2D eigenvalue weighted by atomic mass is 32.1. The summed E-state index contributed by atoms with van der Waals surface area (Å²) in [6.07, 6.45) is 0.995. The molecule has 0 unspecified atom stereocenters. The Morgan fingerprint density at radius 3 is 2.58 bits per heavy atom. The van der Waals surface area contributed by atoms with Crippen LogP contribution in [0.25, 0.3) is 22.2 Å². The molecule has 1 N–H and O–H groups in total. The molecular formula is C26H25N3OS. The van der Waals surface area contributed by atoms with Crippen LogP contribution in [-0.2, 0) is 6.42 Å². The molecule has 5 heteroatoms. The van der Waals surface area contributed by atoms with Gasteiger partial charge in [-0.3, -0.25) is 4.79 Å². The number of aromatic nitrogens is 1. The van der Waals surface area contributed by atoms with Crippen molar-refractivity contribution in [2.24, 2.45) is 5.10 Å². The van der Waals surface area contributed by atoms with Crippen LogP contribution in [0.4, 0.5) is 0 Å². The van der Waals surface area contributed by atoms with Crippen LogP contribution in [0.5, 0.6) is 0 Å². The van der Waals surface area contributed by atoms with Gasteiger partial charge < -0.3 is 0 Å². The van der Waals surface area contributed by atoms with Gasteiger partial charge in [0.05, 0.1) is 27.4 Å². The van der Waals surface area contributed by atoms with Crippen LogP contribution in [0, 0.1) is 13.8 Å². The maximum absolute atomic E-state index is 13.1. The lowest BCUT2D eigenvalue weighted by Crippen LogP contribution is -2.19. The van der Waals surface area contributed by atoms with Crippen LogP contribution >= 0.6 is 11.3 Å². The first-order valence-electron chi connectivity index (χ1n) is 10.4. The lowest BCUT2D eigenvalue weighted by molar-refractivity contribution is 0.0956. The van der Waals surface area contributed by atoms with Crippen molar-refractivity contribution in [2.75, 3.05) is 0 Å². The van der Waals surface area contributed by atoms with E-state index < -0.39 is 0 Å². The SMILES string of the molecule is CCc1ccc(/C(C)=N\NC(=O)c2cc(-c3ccc(C)c(C)c3)nc3ccccc23)s1. The van der Waals surface area contributed by atoms with Crippen molar-refractivity contribution in [3.8, 4) is 11.3 Å². The first kappa shape index (κ1) is 20.9. The summed E-state index contributed by atoms with van der Waals surface area (Å²) in [6, 6.07) is 20.0. The van der Waals surface area contributed by atoms with Crippen LogP contribution in [0.15, 0.2) is 65.8 Å². The number of hydrogen-bond donors (Lipinski definition) is 1. The third-order valence-corrected chi connectivity index (χ3v) is 6.79. The Balaban J connectivity index is 1.70. The number of amides is 1. The number of hydrazone groups is 1. The number of rotatable bonds is 5. The molecule has 1 amide bonds. The average Bonchev–Trinajstić information content (AvgIpc) is 3.28. The largest absolute Gasteiger partial charge is 0.272 e. The Bertz CT molecular complexity index is 1300. The van der Waals surface area contributed by atoms with Gasteiger partial charge in [-0.2, -0.15) is 5.10 Å². The third-order valence-electron chi connectivity index (χ3n) is 5.46. The van der Waals surface area contributed by atoms with Gasteiger partial charge in [0.1, 0.15) is 0 Å². The maximum Gasteiger partial charge on any atom is 0.272 e. The Morgan fingerprint density at radius 2 is 1.84 bits per heavy atom. The predicted molar refractivity (Wildman–Crippen MR) is 130 cm³/mol. The zero-order chi connectivity index (χ0) is 22.0. The van der Waals surface area contributed by atoms with E-state index in [4.69, 9.17) is 4.98 Å². The number of nitrogens with zero attached hydrogens (tertiary/aromatic N) is 2. The standard InChI is InChI=1S/C26H25N3OS/c1-5-20-12-13-25(31-20)18(4)28-29-26(30)22-15-24(19-11-10-16(2)17(3)14-19)27-23-9-7-6-8-21(22)23/h6-15H,5H2,1-4H3,(H,29,30)/b28-18-. The molecule has 2 aromatic carbocycles. The number of thiophene rings is 1. The summed E-state index contributed by atoms with van der Waals surface area (Å²) < 4.78 is 0. The lowest BCUT2D eigenvalue weighted by Gasteiger charge is -2.10. The maximum atomic E-state index is 13.1. The first-order valence-corrected chi connectivity index (χ1v) is 11.2. The number of pyridine rings is 1. The van der Waals surface area contributed by atoms with Crippen LogP contribution in [0.2, 0.25) is 0 Å². The van der Waals surface area contributed by atoms with E-state index in [1.165, 1.54) is 16.0 Å². The van der Waals surface area contributed by atoms with Crippen molar-refractivity contribution in [2.45, 2.75) is 34.1 Å². The molecule has 0 spiro atoms. The Labute approximate surface area is 186 Å². The van der Waals surface area contributed by atoms with E-state index in [1.807, 2.05) is 49.4 Å². The van der Waals surface area contributed by atoms with E-state index in [-0.39, 0.29) is 5.91 Å². The number of hydrogen-bond acceptors (Lipinski definition) is 4. The van der Waals surface area contributed by atoms with E-state index in [0.717, 1.165) is 39.2 Å². The zero-order valence-electron chi connectivity index (χ0n) is 18.2. The van der Waals surface area contributed by atoms with Crippen LogP contribution < -0.4 is 5.43 Å². The smallest absolute Gasteiger partial charge is 0.267 e. The van der Waals surface area contributed by atoms with E-state index in [1.54, 1.807) is 11.3 Å². The van der Waals surface area contributed by atoms with Crippen molar-refractivity contribution >= 4 is 33.9 Å². The summed E-state index contributed by atoms with van der Waals surface area (Å²) in [5, 5.41) is 5.17. The first-order chi connectivity index (χ1) is 15.0. The fourth-order valence-electron chi connectivity index (χ4n) is 3.42. The summed E-state index contributed by atoms with van der Waals surface area (Å²) >= 11 is 1.70. The number of fused-ring (bicyclic) bond motifs is 1. The molecule has 0 aliphatic carbocycles. The van der Waals surface area contributed by atoms with Gasteiger partial charge in [0.2, 0.25) is 0 Å².